The van der Waals surface area contributed by atoms with Gasteiger partial charge < -0.3 is 15.0 Å². The maximum absolute atomic E-state index is 12.3. The highest BCUT2D eigenvalue weighted by molar-refractivity contribution is 7.10. The smallest absolute Gasteiger partial charge is 0.408 e. The van der Waals surface area contributed by atoms with Crippen molar-refractivity contribution in [2.24, 2.45) is 0 Å². The molecule has 5 heteroatoms. The zero-order chi connectivity index (χ0) is 16.4. The monoisotopic (exact) mass is 328 g/mol. The molecule has 0 radical (unpaired) electrons. The van der Waals surface area contributed by atoms with Crippen molar-refractivity contribution < 1.29 is 9.53 Å². The number of thiophene rings is 1. The molecular weight excluding hydrogens is 308 g/mol. The van der Waals surface area contributed by atoms with Gasteiger partial charge in [-0.1, -0.05) is 24.3 Å². The standard InChI is InChI=1S/C18H20N2O2S/c1-18(2,3)22-17(21)20-16(15-9-6-10-23-15)13-11-19-14-8-5-4-7-12(13)14/h4-11,16,19H,1-3H3,(H,20,21)/t16-/m0/s1. The van der Waals surface area contributed by atoms with Crippen LogP contribution >= 0.6 is 11.3 Å². The summed E-state index contributed by atoms with van der Waals surface area (Å²) in [5.74, 6) is 0. The quantitative estimate of drug-likeness (QED) is 0.722. The summed E-state index contributed by atoms with van der Waals surface area (Å²) in [6.45, 7) is 5.58. The van der Waals surface area contributed by atoms with Gasteiger partial charge in [-0.15, -0.1) is 11.3 Å². The normalized spacial score (nSPS) is 13.0. The molecule has 0 fully saturated rings. The average Bonchev–Trinajstić information content (AvgIpc) is 3.13. The van der Waals surface area contributed by atoms with Gasteiger partial charge in [0.1, 0.15) is 5.60 Å². The molecule has 0 unspecified atom stereocenters. The molecule has 1 aromatic carbocycles. The van der Waals surface area contributed by atoms with Gasteiger partial charge in [0.2, 0.25) is 0 Å². The fraction of sp³-hybridized carbons (Fsp3) is 0.278. The Bertz CT molecular complexity index is 800. The molecule has 2 aromatic heterocycles. The van der Waals surface area contributed by atoms with Crippen LogP contribution in [0.5, 0.6) is 0 Å². The maximum Gasteiger partial charge on any atom is 0.408 e. The number of benzene rings is 1. The largest absolute Gasteiger partial charge is 0.444 e. The van der Waals surface area contributed by atoms with Crippen molar-refractivity contribution in [2.45, 2.75) is 32.4 Å². The number of para-hydroxylation sites is 1. The Balaban J connectivity index is 1.95. The van der Waals surface area contributed by atoms with Crippen molar-refractivity contribution in [3.05, 3.63) is 58.4 Å². The summed E-state index contributed by atoms with van der Waals surface area (Å²) in [5, 5.41) is 6.11. The topological polar surface area (TPSA) is 54.1 Å². The second-order valence-corrected chi connectivity index (χ2v) is 7.36. The summed E-state index contributed by atoms with van der Waals surface area (Å²) < 4.78 is 5.42. The molecule has 0 aliphatic rings. The van der Waals surface area contributed by atoms with E-state index in [9.17, 15) is 4.79 Å². The second kappa shape index (κ2) is 6.08. The third kappa shape index (κ3) is 3.56. The summed E-state index contributed by atoms with van der Waals surface area (Å²) in [5.41, 5.74) is 1.56. The van der Waals surface area contributed by atoms with Crippen molar-refractivity contribution in [1.82, 2.24) is 10.3 Å². The molecule has 2 heterocycles. The summed E-state index contributed by atoms with van der Waals surface area (Å²) in [6, 6.07) is 11.8. The van der Waals surface area contributed by atoms with E-state index >= 15 is 0 Å². The Hall–Kier alpha value is -2.27. The van der Waals surface area contributed by atoms with Gasteiger partial charge in [-0.2, -0.15) is 0 Å². The van der Waals surface area contributed by atoms with Gasteiger partial charge in [0.05, 0.1) is 6.04 Å². The molecule has 0 aliphatic heterocycles. The number of hydrogen-bond donors (Lipinski definition) is 2. The Morgan fingerprint density at radius 2 is 2.00 bits per heavy atom. The van der Waals surface area contributed by atoms with E-state index in [-0.39, 0.29) is 6.04 Å². The van der Waals surface area contributed by atoms with Crippen molar-refractivity contribution >= 4 is 28.3 Å². The first kappa shape index (κ1) is 15.6. The van der Waals surface area contributed by atoms with Gasteiger partial charge >= 0.3 is 6.09 Å². The van der Waals surface area contributed by atoms with Crippen LogP contribution in [0.1, 0.15) is 37.3 Å². The number of nitrogens with one attached hydrogen (secondary N) is 2. The van der Waals surface area contributed by atoms with Crippen molar-refractivity contribution in [1.29, 1.82) is 0 Å². The van der Waals surface area contributed by atoms with E-state index in [1.54, 1.807) is 11.3 Å². The predicted octanol–water partition coefficient (Wildman–Crippen LogP) is 4.84. The minimum Gasteiger partial charge on any atom is -0.444 e. The van der Waals surface area contributed by atoms with E-state index in [1.807, 2.05) is 62.7 Å². The zero-order valence-corrected chi connectivity index (χ0v) is 14.2. The van der Waals surface area contributed by atoms with Crippen LogP contribution < -0.4 is 5.32 Å². The molecular formula is C18H20N2O2S. The van der Waals surface area contributed by atoms with Crippen LogP contribution in [0.2, 0.25) is 0 Å². The lowest BCUT2D eigenvalue weighted by Gasteiger charge is -2.23. The molecule has 0 bridgehead atoms. The molecule has 120 valence electrons. The number of H-pyrrole nitrogens is 1. The van der Waals surface area contributed by atoms with Gasteiger partial charge in [0, 0.05) is 27.5 Å². The number of aromatic amines is 1. The summed E-state index contributed by atoms with van der Waals surface area (Å²) in [6.07, 6.45) is 1.54. The van der Waals surface area contributed by atoms with Gasteiger partial charge in [0.15, 0.2) is 0 Å². The molecule has 1 amide bonds. The number of ether oxygens (including phenoxy) is 1. The Morgan fingerprint density at radius 3 is 2.70 bits per heavy atom. The van der Waals surface area contributed by atoms with Crippen LogP contribution in [-0.2, 0) is 4.74 Å². The predicted molar refractivity (Wildman–Crippen MR) is 93.8 cm³/mol. The van der Waals surface area contributed by atoms with Crippen LogP contribution in [0.3, 0.4) is 0 Å². The lowest BCUT2D eigenvalue weighted by molar-refractivity contribution is 0.0513. The van der Waals surface area contributed by atoms with E-state index in [4.69, 9.17) is 4.74 Å². The third-order valence-electron chi connectivity index (χ3n) is 3.42. The summed E-state index contributed by atoms with van der Waals surface area (Å²) in [4.78, 5) is 16.6. The minimum atomic E-state index is -0.524. The highest BCUT2D eigenvalue weighted by Gasteiger charge is 2.24. The molecule has 0 spiro atoms. The maximum atomic E-state index is 12.3. The third-order valence-corrected chi connectivity index (χ3v) is 4.36. The van der Waals surface area contributed by atoms with Gasteiger partial charge in [-0.25, -0.2) is 4.79 Å². The van der Waals surface area contributed by atoms with E-state index in [0.29, 0.717) is 0 Å². The van der Waals surface area contributed by atoms with Crippen LogP contribution in [-0.4, -0.2) is 16.7 Å². The number of carbonyl (C=O) groups is 1. The average molecular weight is 328 g/mol. The first-order valence-corrected chi connectivity index (χ1v) is 8.41. The Morgan fingerprint density at radius 1 is 1.22 bits per heavy atom. The van der Waals surface area contributed by atoms with Crippen LogP contribution in [0.15, 0.2) is 48.0 Å². The van der Waals surface area contributed by atoms with E-state index < -0.39 is 11.7 Å². The van der Waals surface area contributed by atoms with Crippen LogP contribution in [0, 0.1) is 0 Å². The highest BCUT2D eigenvalue weighted by atomic mass is 32.1. The van der Waals surface area contributed by atoms with Gasteiger partial charge in [0.25, 0.3) is 0 Å². The minimum absolute atomic E-state index is 0.235. The number of fused-ring (bicyclic) bond motifs is 1. The Labute approximate surface area is 139 Å². The van der Waals surface area contributed by atoms with Crippen LogP contribution in [0.4, 0.5) is 4.79 Å². The zero-order valence-electron chi connectivity index (χ0n) is 13.4. The number of hydrogen-bond acceptors (Lipinski definition) is 3. The van der Waals surface area contributed by atoms with Crippen molar-refractivity contribution in [3.63, 3.8) is 0 Å². The van der Waals surface area contributed by atoms with E-state index in [2.05, 4.69) is 16.4 Å². The first-order chi connectivity index (χ1) is 10.9. The molecule has 1 atom stereocenters. The summed E-state index contributed by atoms with van der Waals surface area (Å²) >= 11 is 1.61. The van der Waals surface area contributed by atoms with Gasteiger partial charge in [-0.3, -0.25) is 0 Å². The Kier molecular flexibility index (Phi) is 4.13. The lowest BCUT2D eigenvalue weighted by Crippen LogP contribution is -2.35. The molecule has 4 nitrogen and oxygen atoms in total. The lowest BCUT2D eigenvalue weighted by atomic mass is 10.0. The number of alkyl carbamates (subject to hydrolysis) is 1. The number of aromatic nitrogens is 1. The molecule has 0 saturated heterocycles. The molecule has 0 aliphatic carbocycles. The van der Waals surface area contributed by atoms with Gasteiger partial charge in [-0.05, 0) is 38.3 Å². The van der Waals surface area contributed by atoms with Crippen LogP contribution in [0.25, 0.3) is 10.9 Å². The van der Waals surface area contributed by atoms with Crippen molar-refractivity contribution in [3.8, 4) is 0 Å². The number of carbonyl (C=O) groups excluding carboxylic acids is 1. The highest BCUT2D eigenvalue weighted by Crippen LogP contribution is 2.31. The van der Waals surface area contributed by atoms with E-state index in [1.165, 1.54) is 0 Å². The fourth-order valence-corrected chi connectivity index (χ4v) is 3.31. The van der Waals surface area contributed by atoms with E-state index in [0.717, 1.165) is 21.3 Å². The molecule has 2 N–H and O–H groups in total. The number of rotatable bonds is 3. The molecule has 3 aromatic rings. The fourth-order valence-electron chi connectivity index (χ4n) is 2.52. The molecule has 3 rings (SSSR count). The SMILES string of the molecule is CC(C)(C)OC(=O)N[C@H](c1cccs1)c1c[nH]c2ccccc12. The first-order valence-electron chi connectivity index (χ1n) is 7.53. The molecule has 0 saturated carbocycles. The summed E-state index contributed by atoms with van der Waals surface area (Å²) in [7, 11) is 0. The molecule has 23 heavy (non-hydrogen) atoms. The second-order valence-electron chi connectivity index (χ2n) is 6.38. The number of amides is 1. The van der Waals surface area contributed by atoms with Crippen molar-refractivity contribution in [2.75, 3.05) is 0 Å².